The van der Waals surface area contributed by atoms with Gasteiger partial charge < -0.3 is 15.1 Å². The highest BCUT2D eigenvalue weighted by Crippen LogP contribution is 2.44. The van der Waals surface area contributed by atoms with Crippen LogP contribution in [0.15, 0.2) is 66.7 Å². The molecule has 0 atom stereocenters. The largest absolute Gasteiger partial charge is 0.508 e. The first kappa shape index (κ1) is 21.6. The summed E-state index contributed by atoms with van der Waals surface area (Å²) in [6.07, 6.45) is 1.74. The van der Waals surface area contributed by atoms with Gasteiger partial charge in [-0.25, -0.2) is 0 Å². The third-order valence-electron chi connectivity index (χ3n) is 7.10. The number of aryl methyl sites for hydroxylation is 1. The average Bonchev–Trinajstić information content (AvgIpc) is 2.84. The molecule has 0 aromatic heterocycles. The third-order valence-corrected chi connectivity index (χ3v) is 7.10. The molecule has 5 rings (SSSR count). The highest BCUT2D eigenvalue weighted by atomic mass is 16.3. The molecule has 3 aromatic rings. The van der Waals surface area contributed by atoms with Crippen molar-refractivity contribution in [1.29, 1.82) is 0 Å². The average molecular weight is 441 g/mol. The normalized spacial score (nSPS) is 16.9. The van der Waals surface area contributed by atoms with Gasteiger partial charge in [0.2, 0.25) is 0 Å². The molecule has 33 heavy (non-hydrogen) atoms. The van der Waals surface area contributed by atoms with Crippen LogP contribution < -0.4 is 4.90 Å². The Morgan fingerprint density at radius 2 is 1.48 bits per heavy atom. The first-order chi connectivity index (χ1) is 16.0. The fourth-order valence-corrected chi connectivity index (χ4v) is 5.23. The molecule has 1 saturated heterocycles. The molecular formula is C29H32N2O2. The van der Waals surface area contributed by atoms with Crippen molar-refractivity contribution in [2.75, 3.05) is 31.1 Å². The maximum Gasteiger partial charge on any atom is 0.123 e. The minimum absolute atomic E-state index is 0.268. The Morgan fingerprint density at radius 3 is 2.18 bits per heavy atom. The molecular weight excluding hydrogens is 408 g/mol. The number of nitrogens with zero attached hydrogens (tertiary/aromatic N) is 2. The van der Waals surface area contributed by atoms with Crippen molar-refractivity contribution < 1.29 is 10.2 Å². The molecule has 2 aliphatic rings. The maximum atomic E-state index is 10.6. The summed E-state index contributed by atoms with van der Waals surface area (Å²) in [7, 11) is 0. The Labute approximate surface area is 196 Å². The number of hydrogen-bond donors (Lipinski definition) is 2. The van der Waals surface area contributed by atoms with Crippen LogP contribution in [0, 0.1) is 0 Å². The summed E-state index contributed by atoms with van der Waals surface area (Å²) in [6, 6.07) is 22.6. The van der Waals surface area contributed by atoms with Gasteiger partial charge in [-0.05, 0) is 84.9 Å². The fraction of sp³-hybridized carbons (Fsp3) is 0.310. The number of allylic oxidation sites excluding steroid dienone is 1. The molecule has 0 amide bonds. The molecule has 1 fully saturated rings. The molecule has 1 aliphatic carbocycles. The summed E-state index contributed by atoms with van der Waals surface area (Å²) in [5, 5.41) is 20.9. The van der Waals surface area contributed by atoms with Crippen LogP contribution >= 0.6 is 0 Å². The van der Waals surface area contributed by atoms with E-state index >= 15 is 0 Å². The molecule has 3 aromatic carbocycles. The minimum Gasteiger partial charge on any atom is -0.508 e. The van der Waals surface area contributed by atoms with Gasteiger partial charge in [0.25, 0.3) is 0 Å². The smallest absolute Gasteiger partial charge is 0.123 e. The van der Waals surface area contributed by atoms with E-state index in [-0.39, 0.29) is 5.75 Å². The van der Waals surface area contributed by atoms with E-state index in [0.717, 1.165) is 66.9 Å². The van der Waals surface area contributed by atoms with Gasteiger partial charge in [0.1, 0.15) is 11.5 Å². The number of phenols is 2. The zero-order valence-electron chi connectivity index (χ0n) is 19.5. The molecule has 0 saturated carbocycles. The van der Waals surface area contributed by atoms with Crippen LogP contribution in [-0.2, 0) is 6.42 Å². The molecule has 4 heteroatoms. The number of piperazine rings is 1. The number of anilines is 1. The lowest BCUT2D eigenvalue weighted by Crippen LogP contribution is -2.48. The van der Waals surface area contributed by atoms with Crippen molar-refractivity contribution >= 4 is 16.8 Å². The van der Waals surface area contributed by atoms with Crippen LogP contribution in [0.5, 0.6) is 11.5 Å². The van der Waals surface area contributed by atoms with Crippen LogP contribution in [0.1, 0.15) is 42.5 Å². The van der Waals surface area contributed by atoms with Crippen molar-refractivity contribution in [3.63, 3.8) is 0 Å². The van der Waals surface area contributed by atoms with E-state index in [0.29, 0.717) is 11.8 Å². The van der Waals surface area contributed by atoms with Crippen molar-refractivity contribution in [2.45, 2.75) is 32.7 Å². The van der Waals surface area contributed by atoms with Gasteiger partial charge in [-0.1, -0.05) is 36.4 Å². The summed E-state index contributed by atoms with van der Waals surface area (Å²) in [5.74, 6) is 0.567. The first-order valence-electron chi connectivity index (χ1n) is 11.9. The minimum atomic E-state index is 0.268. The quantitative estimate of drug-likeness (QED) is 0.560. The van der Waals surface area contributed by atoms with Crippen molar-refractivity contribution in [1.82, 2.24) is 4.90 Å². The number of benzene rings is 3. The standard InChI is InChI=1S/C29H32N2O2/c1-20(2)30-15-17-31(18-16-30)23-11-7-22(8-12-23)29-26(25-5-3-4-6-28(25)33)14-10-21-9-13-24(32)19-27(21)29/h3-9,11-13,19-20,32-33H,10,14-18H2,1-2H3. The van der Waals surface area contributed by atoms with Crippen molar-refractivity contribution in [3.05, 3.63) is 89.0 Å². The number of phenolic OH excluding ortho intramolecular Hbond substituents is 2. The van der Waals surface area contributed by atoms with E-state index in [1.807, 2.05) is 30.3 Å². The van der Waals surface area contributed by atoms with Gasteiger partial charge in [0.15, 0.2) is 0 Å². The van der Waals surface area contributed by atoms with Crippen molar-refractivity contribution in [2.24, 2.45) is 0 Å². The Bertz CT molecular complexity index is 1170. The van der Waals surface area contributed by atoms with Gasteiger partial charge in [-0.15, -0.1) is 0 Å². The number of aromatic hydroxyl groups is 2. The first-order valence-corrected chi connectivity index (χ1v) is 11.9. The summed E-state index contributed by atoms with van der Waals surface area (Å²) in [4.78, 5) is 4.99. The van der Waals surface area contributed by atoms with Crippen LogP contribution in [0.3, 0.4) is 0 Å². The molecule has 170 valence electrons. The summed E-state index contributed by atoms with van der Waals surface area (Å²) >= 11 is 0. The molecule has 0 spiro atoms. The van der Waals surface area contributed by atoms with E-state index in [1.165, 1.54) is 11.3 Å². The monoisotopic (exact) mass is 440 g/mol. The van der Waals surface area contributed by atoms with Crippen LogP contribution in [0.2, 0.25) is 0 Å². The topological polar surface area (TPSA) is 46.9 Å². The second kappa shape index (κ2) is 8.95. The van der Waals surface area contributed by atoms with Gasteiger partial charge >= 0.3 is 0 Å². The molecule has 0 unspecified atom stereocenters. The highest BCUT2D eigenvalue weighted by Gasteiger charge is 2.24. The fourth-order valence-electron chi connectivity index (χ4n) is 5.23. The second-order valence-corrected chi connectivity index (χ2v) is 9.38. The molecule has 0 bridgehead atoms. The lowest BCUT2D eigenvalue weighted by Gasteiger charge is -2.38. The summed E-state index contributed by atoms with van der Waals surface area (Å²) < 4.78 is 0. The summed E-state index contributed by atoms with van der Waals surface area (Å²) in [5.41, 5.74) is 7.75. The zero-order valence-corrected chi connectivity index (χ0v) is 19.5. The Hall–Kier alpha value is -3.24. The number of rotatable bonds is 4. The second-order valence-electron chi connectivity index (χ2n) is 9.38. The lowest BCUT2D eigenvalue weighted by molar-refractivity contribution is 0.209. The number of hydrogen-bond acceptors (Lipinski definition) is 4. The summed E-state index contributed by atoms with van der Waals surface area (Å²) in [6.45, 7) is 8.80. The van der Waals surface area contributed by atoms with Crippen molar-refractivity contribution in [3.8, 4) is 11.5 Å². The number of para-hydroxylation sites is 1. The van der Waals surface area contributed by atoms with E-state index in [1.54, 1.807) is 12.1 Å². The molecule has 1 heterocycles. The maximum absolute atomic E-state index is 10.6. The Balaban J connectivity index is 1.54. The van der Waals surface area contributed by atoms with E-state index < -0.39 is 0 Å². The molecule has 4 nitrogen and oxygen atoms in total. The predicted octanol–water partition coefficient (Wildman–Crippen LogP) is 5.53. The number of fused-ring (bicyclic) bond motifs is 1. The third kappa shape index (κ3) is 4.23. The van der Waals surface area contributed by atoms with Gasteiger partial charge in [0, 0.05) is 43.5 Å². The Morgan fingerprint density at radius 1 is 0.758 bits per heavy atom. The van der Waals surface area contributed by atoms with Gasteiger partial charge in [-0.3, -0.25) is 4.90 Å². The lowest BCUT2D eigenvalue weighted by atomic mass is 9.79. The zero-order chi connectivity index (χ0) is 22.9. The molecule has 2 N–H and O–H groups in total. The SMILES string of the molecule is CC(C)N1CCN(c2ccc(C3=C(c4ccccc4O)CCc4ccc(O)cc43)cc2)CC1. The van der Waals surface area contributed by atoms with Crippen LogP contribution in [0.25, 0.3) is 11.1 Å². The van der Waals surface area contributed by atoms with Gasteiger partial charge in [0.05, 0.1) is 0 Å². The van der Waals surface area contributed by atoms with E-state index in [9.17, 15) is 10.2 Å². The molecule has 0 radical (unpaired) electrons. The van der Waals surface area contributed by atoms with E-state index in [4.69, 9.17) is 0 Å². The predicted molar refractivity (Wildman–Crippen MR) is 136 cm³/mol. The molecule has 1 aliphatic heterocycles. The van der Waals surface area contributed by atoms with E-state index in [2.05, 4.69) is 47.9 Å². The van der Waals surface area contributed by atoms with Crippen LogP contribution in [-0.4, -0.2) is 47.3 Å². The Kier molecular flexibility index (Phi) is 5.86. The van der Waals surface area contributed by atoms with Crippen LogP contribution in [0.4, 0.5) is 5.69 Å². The highest BCUT2D eigenvalue weighted by molar-refractivity contribution is 6.02. The van der Waals surface area contributed by atoms with Gasteiger partial charge in [-0.2, -0.15) is 0 Å².